The molecule has 2 fully saturated rings. The van der Waals surface area contributed by atoms with E-state index in [1.165, 1.54) is 0 Å². The lowest BCUT2D eigenvalue weighted by molar-refractivity contribution is 0.0267. The summed E-state index contributed by atoms with van der Waals surface area (Å²) in [5, 5.41) is 14.5. The number of ether oxygens (including phenoxy) is 1. The number of aliphatic hydroxyl groups excluding tert-OH is 1. The van der Waals surface area contributed by atoms with Gasteiger partial charge in [0.15, 0.2) is 0 Å². The molecule has 0 bridgehead atoms. The van der Waals surface area contributed by atoms with Crippen LogP contribution in [0.3, 0.4) is 0 Å². The number of benzene rings is 2. The maximum Gasteiger partial charge on any atom is 0.0845 e. The lowest BCUT2D eigenvalue weighted by atomic mass is 10.1. The van der Waals surface area contributed by atoms with E-state index < -0.39 is 6.10 Å². The topological polar surface area (TPSA) is 44.1 Å². The van der Waals surface area contributed by atoms with Crippen molar-refractivity contribution in [3.05, 3.63) is 46.4 Å². The van der Waals surface area contributed by atoms with Crippen LogP contribution in [0.4, 0.5) is 0 Å². The summed E-state index contributed by atoms with van der Waals surface area (Å²) in [4.78, 5) is 7.42. The van der Waals surface area contributed by atoms with Crippen LogP contribution >= 0.6 is 23.2 Å². The van der Waals surface area contributed by atoms with Gasteiger partial charge in [-0.05, 0) is 36.4 Å². The number of halogens is 2. The van der Waals surface area contributed by atoms with Gasteiger partial charge in [-0.2, -0.15) is 0 Å². The quantitative estimate of drug-likeness (QED) is 0.549. The summed E-state index contributed by atoms with van der Waals surface area (Å²) < 4.78 is 7.63. The molecule has 2 aliphatic rings. The summed E-state index contributed by atoms with van der Waals surface area (Å²) in [7, 11) is 0. The van der Waals surface area contributed by atoms with Crippen LogP contribution in [0.1, 0.15) is 0 Å². The van der Waals surface area contributed by atoms with Gasteiger partial charge in [-0.15, -0.1) is 0 Å². The number of fused-ring (bicyclic) bond motifs is 3. The predicted molar refractivity (Wildman–Crippen MR) is 136 cm³/mol. The van der Waals surface area contributed by atoms with E-state index in [4.69, 9.17) is 27.9 Å². The third-order valence-corrected chi connectivity index (χ3v) is 7.42. The number of aliphatic hydroxyl groups is 1. The highest BCUT2D eigenvalue weighted by molar-refractivity contribution is 6.33. The van der Waals surface area contributed by atoms with Gasteiger partial charge in [0.1, 0.15) is 0 Å². The first-order valence-electron chi connectivity index (χ1n) is 11.9. The molecule has 6 nitrogen and oxygen atoms in total. The first-order chi connectivity index (χ1) is 16.1. The Balaban J connectivity index is 1.19. The van der Waals surface area contributed by atoms with Crippen molar-refractivity contribution in [3.8, 4) is 0 Å². The van der Waals surface area contributed by atoms with Gasteiger partial charge in [-0.3, -0.25) is 14.7 Å². The number of nitrogens with zero attached hydrogens (tertiary/aromatic N) is 4. The number of piperazine rings is 1. The van der Waals surface area contributed by atoms with Gasteiger partial charge in [0, 0.05) is 90.8 Å². The van der Waals surface area contributed by atoms with E-state index in [0.29, 0.717) is 23.1 Å². The molecule has 1 unspecified atom stereocenters. The number of aromatic nitrogens is 1. The average molecular weight is 491 g/mol. The van der Waals surface area contributed by atoms with Gasteiger partial charge >= 0.3 is 0 Å². The third kappa shape index (κ3) is 5.49. The molecule has 178 valence electrons. The molecule has 2 saturated heterocycles. The highest BCUT2D eigenvalue weighted by Gasteiger charge is 2.21. The van der Waals surface area contributed by atoms with Crippen LogP contribution in [0, 0.1) is 0 Å². The first kappa shape index (κ1) is 23.4. The Labute approximate surface area is 205 Å². The molecule has 8 heteroatoms. The fourth-order valence-electron chi connectivity index (χ4n) is 5.11. The summed E-state index contributed by atoms with van der Waals surface area (Å²) in [6.07, 6.45) is -0.449. The van der Waals surface area contributed by atoms with E-state index in [9.17, 15) is 5.11 Å². The second-order valence-corrected chi connectivity index (χ2v) is 10.1. The van der Waals surface area contributed by atoms with Crippen molar-refractivity contribution in [2.24, 2.45) is 0 Å². The molecule has 1 aromatic heterocycles. The molecule has 1 atom stereocenters. The number of hydrogen-bond acceptors (Lipinski definition) is 5. The molecule has 0 aliphatic carbocycles. The largest absolute Gasteiger partial charge is 0.390 e. The van der Waals surface area contributed by atoms with Crippen LogP contribution in [-0.4, -0.2) is 103 Å². The molecule has 2 aromatic carbocycles. The summed E-state index contributed by atoms with van der Waals surface area (Å²) >= 11 is 12.5. The van der Waals surface area contributed by atoms with Gasteiger partial charge in [0.05, 0.1) is 25.9 Å². The smallest absolute Gasteiger partial charge is 0.0845 e. The second kappa shape index (κ2) is 10.5. The maximum absolute atomic E-state index is 11.0. The molecular weight excluding hydrogens is 459 g/mol. The van der Waals surface area contributed by atoms with E-state index in [0.717, 1.165) is 87.4 Å². The molecule has 5 rings (SSSR count). The lowest BCUT2D eigenvalue weighted by Gasteiger charge is -2.37. The fourth-order valence-corrected chi connectivity index (χ4v) is 5.46. The Kier molecular flexibility index (Phi) is 7.42. The van der Waals surface area contributed by atoms with Gasteiger partial charge in [-0.1, -0.05) is 23.2 Å². The zero-order valence-electron chi connectivity index (χ0n) is 18.9. The van der Waals surface area contributed by atoms with E-state index in [1.807, 2.05) is 36.4 Å². The Bertz CT molecular complexity index is 1030. The monoisotopic (exact) mass is 490 g/mol. The van der Waals surface area contributed by atoms with Gasteiger partial charge in [-0.25, -0.2) is 0 Å². The molecular formula is C25H32Cl2N4O2. The predicted octanol–water partition coefficient (Wildman–Crippen LogP) is 3.41. The SMILES string of the molecule is OC(CN1CCN(CCN2CCOCC2)CC1)Cn1c2ccc(Cl)cc2c2cc(Cl)ccc21. The van der Waals surface area contributed by atoms with Crippen LogP contribution in [0.15, 0.2) is 36.4 Å². The van der Waals surface area contributed by atoms with Crippen LogP contribution in [-0.2, 0) is 11.3 Å². The van der Waals surface area contributed by atoms with Crippen molar-refractivity contribution in [1.29, 1.82) is 0 Å². The fraction of sp³-hybridized carbons (Fsp3) is 0.520. The van der Waals surface area contributed by atoms with Crippen molar-refractivity contribution < 1.29 is 9.84 Å². The van der Waals surface area contributed by atoms with Crippen molar-refractivity contribution >= 4 is 45.0 Å². The summed E-state index contributed by atoms with van der Waals surface area (Å²) in [6, 6.07) is 11.8. The summed E-state index contributed by atoms with van der Waals surface area (Å²) in [6.45, 7) is 11.4. The lowest BCUT2D eigenvalue weighted by Crippen LogP contribution is -2.51. The van der Waals surface area contributed by atoms with Gasteiger partial charge in [0.25, 0.3) is 0 Å². The Morgan fingerprint density at radius 1 is 0.727 bits per heavy atom. The maximum atomic E-state index is 11.0. The Morgan fingerprint density at radius 3 is 1.82 bits per heavy atom. The molecule has 0 spiro atoms. The van der Waals surface area contributed by atoms with Crippen molar-refractivity contribution in [3.63, 3.8) is 0 Å². The van der Waals surface area contributed by atoms with Crippen molar-refractivity contribution in [2.75, 3.05) is 72.1 Å². The van der Waals surface area contributed by atoms with Crippen LogP contribution in [0.25, 0.3) is 21.8 Å². The number of hydrogen-bond donors (Lipinski definition) is 1. The van der Waals surface area contributed by atoms with E-state index >= 15 is 0 Å². The van der Waals surface area contributed by atoms with E-state index in [1.54, 1.807) is 0 Å². The summed E-state index contributed by atoms with van der Waals surface area (Å²) in [5.74, 6) is 0. The summed E-state index contributed by atoms with van der Waals surface area (Å²) in [5.41, 5.74) is 2.15. The number of morpholine rings is 1. The zero-order valence-corrected chi connectivity index (χ0v) is 20.4. The minimum atomic E-state index is -0.449. The molecule has 0 amide bonds. The Morgan fingerprint density at radius 2 is 1.24 bits per heavy atom. The molecule has 0 radical (unpaired) electrons. The average Bonchev–Trinajstić information content (AvgIpc) is 3.11. The van der Waals surface area contributed by atoms with Crippen LogP contribution in [0.2, 0.25) is 10.0 Å². The molecule has 3 aromatic rings. The third-order valence-electron chi connectivity index (χ3n) is 6.95. The van der Waals surface area contributed by atoms with Crippen molar-refractivity contribution in [2.45, 2.75) is 12.6 Å². The van der Waals surface area contributed by atoms with Crippen LogP contribution in [0.5, 0.6) is 0 Å². The molecule has 0 saturated carbocycles. The van der Waals surface area contributed by atoms with Crippen LogP contribution < -0.4 is 0 Å². The molecule has 2 aliphatic heterocycles. The molecule has 33 heavy (non-hydrogen) atoms. The molecule has 3 heterocycles. The van der Waals surface area contributed by atoms with E-state index in [-0.39, 0.29) is 0 Å². The highest BCUT2D eigenvalue weighted by Crippen LogP contribution is 2.33. The zero-order chi connectivity index (χ0) is 22.8. The minimum absolute atomic E-state index is 0.449. The minimum Gasteiger partial charge on any atom is -0.390 e. The number of rotatable bonds is 7. The number of β-amino-alcohol motifs (C(OH)–C–C–N with tert-alkyl or cyclic N) is 1. The Hall–Kier alpha value is -1.38. The second-order valence-electron chi connectivity index (χ2n) is 9.18. The van der Waals surface area contributed by atoms with Gasteiger partial charge < -0.3 is 14.4 Å². The first-order valence-corrected chi connectivity index (χ1v) is 12.6. The normalized spacial score (nSPS) is 20.1. The highest BCUT2D eigenvalue weighted by atomic mass is 35.5. The standard InChI is InChI=1S/C25H32Cl2N4O2/c26-19-1-3-24-22(15-19)23-16-20(27)2-4-25(23)31(24)18-21(32)17-30-9-7-28(8-10-30)5-6-29-11-13-33-14-12-29/h1-4,15-16,21,32H,5-14,17-18H2. The molecule has 1 N–H and O–H groups in total. The van der Waals surface area contributed by atoms with Gasteiger partial charge in [0.2, 0.25) is 0 Å². The van der Waals surface area contributed by atoms with E-state index in [2.05, 4.69) is 19.3 Å². The van der Waals surface area contributed by atoms with Crippen molar-refractivity contribution in [1.82, 2.24) is 19.3 Å².